The van der Waals surface area contributed by atoms with Crippen LogP contribution in [0.3, 0.4) is 0 Å². The molecule has 0 aliphatic carbocycles. The third-order valence-corrected chi connectivity index (χ3v) is 5.83. The molecule has 0 saturated carbocycles. The fraction of sp³-hybridized carbons (Fsp3) is 0.192. The summed E-state index contributed by atoms with van der Waals surface area (Å²) in [5.41, 5.74) is 3.34. The number of nitrogens with zero attached hydrogens (tertiary/aromatic N) is 4. The molecule has 0 spiro atoms. The summed E-state index contributed by atoms with van der Waals surface area (Å²) < 4.78 is 9.19. The van der Waals surface area contributed by atoms with Gasteiger partial charge in [0.15, 0.2) is 0 Å². The van der Waals surface area contributed by atoms with Crippen molar-refractivity contribution in [3.63, 3.8) is 0 Å². The van der Waals surface area contributed by atoms with E-state index in [-0.39, 0.29) is 11.6 Å². The fourth-order valence-electron chi connectivity index (χ4n) is 3.92. The van der Waals surface area contributed by atoms with Gasteiger partial charge in [-0.1, -0.05) is 23.7 Å². The van der Waals surface area contributed by atoms with Gasteiger partial charge in [0.2, 0.25) is 5.88 Å². The molecule has 0 saturated heterocycles. The Morgan fingerprint density at radius 3 is 2.52 bits per heavy atom. The Morgan fingerprint density at radius 2 is 1.79 bits per heavy atom. The van der Waals surface area contributed by atoms with Gasteiger partial charge in [0.05, 0.1) is 23.2 Å². The van der Waals surface area contributed by atoms with E-state index < -0.39 is 0 Å². The predicted octanol–water partition coefficient (Wildman–Crippen LogP) is 6.04. The van der Waals surface area contributed by atoms with Crippen molar-refractivity contribution in [1.29, 1.82) is 0 Å². The minimum absolute atomic E-state index is 0.165. The lowest BCUT2D eigenvalue weighted by molar-refractivity contribution is 0.328. The van der Waals surface area contributed by atoms with Crippen LogP contribution in [0.5, 0.6) is 5.88 Å². The summed E-state index contributed by atoms with van der Waals surface area (Å²) in [7, 11) is 0. The molecule has 0 fully saturated rings. The maximum atomic E-state index is 13.8. The van der Waals surface area contributed by atoms with Crippen molar-refractivity contribution in [1.82, 2.24) is 19.3 Å². The average Bonchev–Trinajstić information content (AvgIpc) is 3.24. The second-order valence-corrected chi connectivity index (χ2v) is 8.59. The molecule has 0 bridgehead atoms. The number of pyridine rings is 2. The summed E-state index contributed by atoms with van der Waals surface area (Å²) in [6.45, 7) is 6.57. The van der Waals surface area contributed by atoms with Gasteiger partial charge in [-0.2, -0.15) is 5.10 Å². The Kier molecular flexibility index (Phi) is 5.38. The molecule has 7 heteroatoms. The van der Waals surface area contributed by atoms with Gasteiger partial charge in [-0.3, -0.25) is 14.0 Å². The predicted molar refractivity (Wildman–Crippen MR) is 133 cm³/mol. The van der Waals surface area contributed by atoms with E-state index in [1.807, 2.05) is 66.5 Å². The summed E-state index contributed by atoms with van der Waals surface area (Å²) in [5, 5.41) is 7.03. The van der Waals surface area contributed by atoms with Gasteiger partial charge in [0, 0.05) is 46.0 Å². The minimum Gasteiger partial charge on any atom is -0.478 e. The molecule has 166 valence electrons. The monoisotopic (exact) mass is 458 g/mol. The van der Waals surface area contributed by atoms with Crippen LogP contribution in [0.4, 0.5) is 0 Å². The number of fused-ring (bicyclic) bond motifs is 2. The van der Waals surface area contributed by atoms with Crippen LogP contribution >= 0.6 is 11.6 Å². The highest BCUT2D eigenvalue weighted by atomic mass is 35.5. The van der Waals surface area contributed by atoms with Crippen molar-refractivity contribution in [2.24, 2.45) is 0 Å². The Bertz CT molecular complexity index is 1530. The Balaban J connectivity index is 1.77. The van der Waals surface area contributed by atoms with E-state index in [0.717, 1.165) is 27.5 Å². The third-order valence-electron chi connectivity index (χ3n) is 5.58. The maximum absolute atomic E-state index is 13.8. The Hall–Kier alpha value is -3.64. The summed E-state index contributed by atoms with van der Waals surface area (Å²) in [6, 6.07) is 17.1. The number of rotatable bonds is 5. The van der Waals surface area contributed by atoms with E-state index in [4.69, 9.17) is 16.3 Å². The normalized spacial score (nSPS) is 11.5. The first kappa shape index (κ1) is 21.2. The zero-order valence-electron chi connectivity index (χ0n) is 18.6. The Morgan fingerprint density at radius 1 is 1.00 bits per heavy atom. The number of benzene rings is 2. The molecule has 3 heterocycles. The Labute approximate surface area is 196 Å². The molecule has 0 radical (unpaired) electrons. The van der Waals surface area contributed by atoms with Crippen LogP contribution in [0.25, 0.3) is 38.6 Å². The van der Waals surface area contributed by atoms with Gasteiger partial charge < -0.3 is 4.74 Å². The van der Waals surface area contributed by atoms with Gasteiger partial charge >= 0.3 is 0 Å². The molecule has 0 atom stereocenters. The molecule has 33 heavy (non-hydrogen) atoms. The van der Waals surface area contributed by atoms with Crippen molar-refractivity contribution in [2.75, 3.05) is 6.61 Å². The molecule has 0 aliphatic rings. The first-order valence-corrected chi connectivity index (χ1v) is 11.3. The molecule has 2 aromatic carbocycles. The van der Waals surface area contributed by atoms with E-state index in [2.05, 4.69) is 23.9 Å². The lowest BCUT2D eigenvalue weighted by Crippen LogP contribution is -2.20. The van der Waals surface area contributed by atoms with Crippen molar-refractivity contribution in [2.45, 2.75) is 26.8 Å². The number of halogens is 1. The van der Waals surface area contributed by atoms with Crippen LogP contribution in [0, 0.1) is 0 Å². The highest BCUT2D eigenvalue weighted by molar-refractivity contribution is 6.30. The van der Waals surface area contributed by atoms with Crippen LogP contribution in [-0.2, 0) is 0 Å². The molecular weight excluding hydrogens is 436 g/mol. The maximum Gasteiger partial charge on any atom is 0.265 e. The second kappa shape index (κ2) is 8.37. The van der Waals surface area contributed by atoms with E-state index in [1.165, 1.54) is 0 Å². The summed E-state index contributed by atoms with van der Waals surface area (Å²) in [5.74, 6) is 0.486. The highest BCUT2D eigenvalue weighted by Gasteiger charge is 2.16. The first-order valence-electron chi connectivity index (χ1n) is 10.9. The highest BCUT2D eigenvalue weighted by Crippen LogP contribution is 2.28. The standard InChI is InChI=1S/C26H23ClN4O2/c1-4-33-23-12-7-18-14-30(21-10-11-22-19(13-21)15-31(29-22)16(2)3)26(32)24(25(18)28-23)17-5-8-20(27)9-6-17/h5-16H,4H2,1-3H3. The fourth-order valence-corrected chi connectivity index (χ4v) is 4.05. The zero-order valence-corrected chi connectivity index (χ0v) is 19.4. The summed E-state index contributed by atoms with van der Waals surface area (Å²) in [4.78, 5) is 18.5. The molecule has 6 nitrogen and oxygen atoms in total. The zero-order chi connectivity index (χ0) is 23.1. The van der Waals surface area contributed by atoms with E-state index in [0.29, 0.717) is 28.6 Å². The second-order valence-electron chi connectivity index (χ2n) is 8.15. The molecule has 0 aliphatic heterocycles. The van der Waals surface area contributed by atoms with Crippen LogP contribution in [0.15, 0.2) is 71.8 Å². The lowest BCUT2D eigenvalue weighted by Gasteiger charge is -2.13. The lowest BCUT2D eigenvalue weighted by atomic mass is 10.0. The van der Waals surface area contributed by atoms with Crippen LogP contribution in [0.2, 0.25) is 5.02 Å². The number of hydrogen-bond acceptors (Lipinski definition) is 4. The van der Waals surface area contributed by atoms with Crippen molar-refractivity contribution >= 4 is 33.4 Å². The van der Waals surface area contributed by atoms with Gasteiger partial charge in [-0.25, -0.2) is 4.98 Å². The smallest absolute Gasteiger partial charge is 0.265 e. The van der Waals surface area contributed by atoms with E-state index in [9.17, 15) is 4.79 Å². The SMILES string of the molecule is CCOc1ccc2cn(-c3ccc4nn(C(C)C)cc4c3)c(=O)c(-c3ccc(Cl)cc3)c2n1. The molecule has 5 aromatic rings. The van der Waals surface area contributed by atoms with E-state index >= 15 is 0 Å². The van der Waals surface area contributed by atoms with Crippen LogP contribution in [-0.4, -0.2) is 25.9 Å². The van der Waals surface area contributed by atoms with Crippen molar-refractivity contribution < 1.29 is 4.74 Å². The number of ether oxygens (including phenoxy) is 1. The average molecular weight is 459 g/mol. The van der Waals surface area contributed by atoms with Crippen molar-refractivity contribution in [3.05, 3.63) is 82.4 Å². The quantitative estimate of drug-likeness (QED) is 0.322. The minimum atomic E-state index is -0.165. The van der Waals surface area contributed by atoms with Crippen LogP contribution in [0.1, 0.15) is 26.8 Å². The van der Waals surface area contributed by atoms with Crippen molar-refractivity contribution in [3.8, 4) is 22.7 Å². The van der Waals surface area contributed by atoms with Gasteiger partial charge in [-0.15, -0.1) is 0 Å². The molecule has 5 rings (SSSR count). The summed E-state index contributed by atoms with van der Waals surface area (Å²) >= 11 is 6.10. The van der Waals surface area contributed by atoms with Gasteiger partial charge in [-0.05, 0) is 62.7 Å². The van der Waals surface area contributed by atoms with E-state index in [1.54, 1.807) is 16.7 Å². The summed E-state index contributed by atoms with van der Waals surface area (Å²) in [6.07, 6.45) is 3.83. The molecule has 0 unspecified atom stereocenters. The third kappa shape index (κ3) is 3.87. The number of hydrogen-bond donors (Lipinski definition) is 0. The molecule has 0 amide bonds. The number of aromatic nitrogens is 4. The molecule has 3 aromatic heterocycles. The topological polar surface area (TPSA) is 61.9 Å². The van der Waals surface area contributed by atoms with Gasteiger partial charge in [0.1, 0.15) is 0 Å². The van der Waals surface area contributed by atoms with Crippen LogP contribution < -0.4 is 10.3 Å². The largest absolute Gasteiger partial charge is 0.478 e. The molecular formula is C26H23ClN4O2. The van der Waals surface area contributed by atoms with Gasteiger partial charge in [0.25, 0.3) is 5.56 Å². The molecule has 0 N–H and O–H groups in total. The first-order chi connectivity index (χ1) is 15.9.